The predicted molar refractivity (Wildman–Crippen MR) is 116 cm³/mol. The second-order valence-electron chi connectivity index (χ2n) is 5.61. The van der Waals surface area contributed by atoms with Gasteiger partial charge in [0.15, 0.2) is 0 Å². The van der Waals surface area contributed by atoms with Crippen LogP contribution in [0.1, 0.15) is 26.0 Å². The van der Waals surface area contributed by atoms with Crippen LogP contribution >= 0.6 is 24.0 Å². The average molecular weight is 389 g/mol. The first-order valence-corrected chi connectivity index (χ1v) is 9.79. The van der Waals surface area contributed by atoms with E-state index in [-0.39, 0.29) is 0 Å². The third-order valence-electron chi connectivity index (χ3n) is 3.99. The van der Waals surface area contributed by atoms with Crippen molar-refractivity contribution in [1.82, 2.24) is 0 Å². The zero-order valence-electron chi connectivity index (χ0n) is 15.3. The highest BCUT2D eigenvalue weighted by molar-refractivity contribution is 8.26. The van der Waals surface area contributed by atoms with Gasteiger partial charge < -0.3 is 19.0 Å². The summed E-state index contributed by atoms with van der Waals surface area (Å²) >= 11 is 6.97. The number of hydrogen-bond donors (Lipinski definition) is 0. The SMILES string of the molecule is CCN(CC)c1ccc(N(C)C(=S)S/C(=C/c2ccco2)CC=O)cc1. The molecule has 0 saturated heterocycles. The normalized spacial score (nSPS) is 11.3. The molecule has 1 aromatic heterocycles. The Kier molecular flexibility index (Phi) is 7.94. The Morgan fingerprint density at radius 3 is 2.35 bits per heavy atom. The first kappa shape index (κ1) is 20.3. The molecule has 0 saturated carbocycles. The Bertz CT molecular complexity index is 736. The maximum atomic E-state index is 11.0. The highest BCUT2D eigenvalue weighted by Crippen LogP contribution is 2.28. The molecule has 4 nitrogen and oxygen atoms in total. The number of anilines is 2. The van der Waals surface area contributed by atoms with E-state index in [4.69, 9.17) is 16.6 Å². The lowest BCUT2D eigenvalue weighted by Gasteiger charge is -2.24. The topological polar surface area (TPSA) is 36.7 Å². The van der Waals surface area contributed by atoms with Crippen molar-refractivity contribution in [2.24, 2.45) is 0 Å². The smallest absolute Gasteiger partial charge is 0.145 e. The van der Waals surface area contributed by atoms with Crippen molar-refractivity contribution in [3.63, 3.8) is 0 Å². The van der Waals surface area contributed by atoms with Gasteiger partial charge in [0.2, 0.25) is 0 Å². The molecule has 26 heavy (non-hydrogen) atoms. The molecule has 2 aromatic rings. The van der Waals surface area contributed by atoms with Crippen LogP contribution in [0.2, 0.25) is 0 Å². The number of nitrogens with zero attached hydrogens (tertiary/aromatic N) is 2. The summed E-state index contributed by atoms with van der Waals surface area (Å²) in [5, 5.41) is 0. The van der Waals surface area contributed by atoms with Crippen molar-refractivity contribution in [2.75, 3.05) is 29.9 Å². The molecule has 1 aromatic carbocycles. The highest BCUT2D eigenvalue weighted by atomic mass is 32.2. The molecule has 0 aliphatic carbocycles. The zero-order valence-corrected chi connectivity index (χ0v) is 17.0. The Hall–Kier alpha value is -2.05. The number of thioether (sulfide) groups is 1. The van der Waals surface area contributed by atoms with Crippen LogP contribution < -0.4 is 9.80 Å². The molecule has 1 heterocycles. The molecule has 0 amide bonds. The Balaban J connectivity index is 2.09. The number of aldehydes is 1. The fraction of sp³-hybridized carbons (Fsp3) is 0.300. The molecule has 0 atom stereocenters. The second-order valence-corrected chi connectivity index (χ2v) is 7.37. The molecule has 0 unspecified atom stereocenters. The molecule has 0 N–H and O–H groups in total. The summed E-state index contributed by atoms with van der Waals surface area (Å²) in [6.07, 6.45) is 4.64. The summed E-state index contributed by atoms with van der Waals surface area (Å²) < 4.78 is 6.01. The maximum Gasteiger partial charge on any atom is 0.145 e. The standard InChI is InChI=1S/C20H24N2O2S2/c1-4-22(5-2)17-10-8-16(9-11-17)21(3)20(25)26-19(12-13-23)15-18-7-6-14-24-18/h6-11,13-15H,4-5,12H2,1-3H3/b19-15+. The number of hydrogen-bond acceptors (Lipinski definition) is 5. The predicted octanol–water partition coefficient (Wildman–Crippen LogP) is 5.21. The van der Waals surface area contributed by atoms with Crippen molar-refractivity contribution in [3.8, 4) is 0 Å². The van der Waals surface area contributed by atoms with Gasteiger partial charge in [-0.2, -0.15) is 0 Å². The average Bonchev–Trinajstić information content (AvgIpc) is 3.16. The maximum absolute atomic E-state index is 11.0. The van der Waals surface area contributed by atoms with E-state index in [1.54, 1.807) is 6.26 Å². The van der Waals surface area contributed by atoms with Crippen LogP contribution in [0.3, 0.4) is 0 Å². The lowest BCUT2D eigenvalue weighted by atomic mass is 10.2. The van der Waals surface area contributed by atoms with E-state index >= 15 is 0 Å². The van der Waals surface area contributed by atoms with Crippen LogP contribution in [0.25, 0.3) is 6.08 Å². The summed E-state index contributed by atoms with van der Waals surface area (Å²) in [5.41, 5.74) is 2.21. The molecule has 2 rings (SSSR count). The second kappa shape index (κ2) is 10.2. The quantitative estimate of drug-likeness (QED) is 0.456. The van der Waals surface area contributed by atoms with E-state index in [9.17, 15) is 4.79 Å². The van der Waals surface area contributed by atoms with Crippen LogP contribution in [0.15, 0.2) is 52.0 Å². The molecule has 0 aliphatic rings. The summed E-state index contributed by atoms with van der Waals surface area (Å²) in [6, 6.07) is 12.0. The Labute approximate surface area is 164 Å². The van der Waals surface area contributed by atoms with Gasteiger partial charge in [0.25, 0.3) is 0 Å². The van der Waals surface area contributed by atoms with Gasteiger partial charge in [-0.1, -0.05) is 24.0 Å². The first-order valence-electron chi connectivity index (χ1n) is 8.57. The van der Waals surface area contributed by atoms with Crippen LogP contribution in [0, 0.1) is 0 Å². The molecule has 0 radical (unpaired) electrons. The van der Waals surface area contributed by atoms with E-state index in [0.717, 1.165) is 30.0 Å². The van der Waals surface area contributed by atoms with Crippen molar-refractivity contribution >= 4 is 52.0 Å². The summed E-state index contributed by atoms with van der Waals surface area (Å²) in [5.74, 6) is 0.711. The van der Waals surface area contributed by atoms with Crippen LogP contribution in [-0.4, -0.2) is 30.7 Å². The number of allylic oxidation sites excluding steroid dienone is 1. The van der Waals surface area contributed by atoms with Gasteiger partial charge in [-0.25, -0.2) is 0 Å². The molecular weight excluding hydrogens is 364 g/mol. The van der Waals surface area contributed by atoms with Gasteiger partial charge in [0.05, 0.1) is 6.26 Å². The van der Waals surface area contributed by atoms with E-state index < -0.39 is 0 Å². The third-order valence-corrected chi connectivity index (χ3v) is 5.51. The van der Waals surface area contributed by atoms with Crippen molar-refractivity contribution in [3.05, 3.63) is 53.3 Å². The van der Waals surface area contributed by atoms with E-state index in [1.807, 2.05) is 30.2 Å². The summed E-state index contributed by atoms with van der Waals surface area (Å²) in [4.78, 5) is 16.1. The van der Waals surface area contributed by atoms with Gasteiger partial charge in [-0.3, -0.25) is 0 Å². The molecule has 0 fully saturated rings. The minimum Gasteiger partial charge on any atom is -0.465 e. The molecule has 138 valence electrons. The van der Waals surface area contributed by atoms with Crippen molar-refractivity contribution in [2.45, 2.75) is 20.3 Å². The number of carbonyl (C=O) groups excluding carboxylic acids is 1. The largest absolute Gasteiger partial charge is 0.465 e. The van der Waals surface area contributed by atoms with Gasteiger partial charge in [0.1, 0.15) is 16.4 Å². The van der Waals surface area contributed by atoms with E-state index in [2.05, 4.69) is 43.0 Å². The van der Waals surface area contributed by atoms with Gasteiger partial charge in [-0.15, -0.1) is 0 Å². The van der Waals surface area contributed by atoms with E-state index in [1.165, 1.54) is 17.4 Å². The molecule has 6 heteroatoms. The Morgan fingerprint density at radius 2 is 1.81 bits per heavy atom. The number of furan rings is 1. The van der Waals surface area contributed by atoms with Crippen LogP contribution in [0.4, 0.5) is 11.4 Å². The highest BCUT2D eigenvalue weighted by Gasteiger charge is 2.12. The van der Waals surface area contributed by atoms with E-state index in [0.29, 0.717) is 16.5 Å². The third kappa shape index (κ3) is 5.47. The monoisotopic (exact) mass is 388 g/mol. The zero-order chi connectivity index (χ0) is 18.9. The van der Waals surface area contributed by atoms with Crippen LogP contribution in [0.5, 0.6) is 0 Å². The number of carbonyl (C=O) groups is 1. The summed E-state index contributed by atoms with van der Waals surface area (Å²) in [6.45, 7) is 6.25. The van der Waals surface area contributed by atoms with Crippen molar-refractivity contribution in [1.29, 1.82) is 0 Å². The minimum atomic E-state index is 0.306. The van der Waals surface area contributed by atoms with Gasteiger partial charge in [-0.05, 0) is 56.3 Å². The Morgan fingerprint density at radius 1 is 1.15 bits per heavy atom. The van der Waals surface area contributed by atoms with Crippen LogP contribution in [-0.2, 0) is 4.79 Å². The fourth-order valence-corrected chi connectivity index (χ4v) is 3.73. The van der Waals surface area contributed by atoms with Gasteiger partial charge >= 0.3 is 0 Å². The molecule has 0 aliphatic heterocycles. The number of rotatable bonds is 8. The summed E-state index contributed by atoms with van der Waals surface area (Å²) in [7, 11) is 1.94. The lowest BCUT2D eigenvalue weighted by Crippen LogP contribution is -2.23. The number of thiocarbonyl (C=S) groups is 1. The molecule has 0 bridgehead atoms. The molecule has 0 spiro atoms. The fourth-order valence-electron chi connectivity index (χ4n) is 2.51. The lowest BCUT2D eigenvalue weighted by molar-refractivity contribution is -0.107. The number of benzene rings is 1. The first-order chi connectivity index (χ1) is 12.6. The van der Waals surface area contributed by atoms with Crippen molar-refractivity contribution < 1.29 is 9.21 Å². The minimum absolute atomic E-state index is 0.306. The van der Waals surface area contributed by atoms with Gasteiger partial charge in [0, 0.05) is 42.8 Å². The molecular formula is C20H24N2O2S2.